The van der Waals surface area contributed by atoms with E-state index in [1.54, 1.807) is 13.8 Å². The molecule has 220 valence electrons. The van der Waals surface area contributed by atoms with Gasteiger partial charge in [-0.2, -0.15) is 0 Å². The van der Waals surface area contributed by atoms with Gasteiger partial charge >= 0.3 is 5.97 Å². The number of fused-ring (bicyclic) bond motifs is 6. The molecule has 7 nitrogen and oxygen atoms in total. The molecule has 39 heavy (non-hydrogen) atoms. The fourth-order valence-electron chi connectivity index (χ4n) is 10.6. The summed E-state index contributed by atoms with van der Waals surface area (Å²) in [6.07, 6.45) is 0.853. The lowest BCUT2D eigenvalue weighted by Crippen LogP contribution is -2.65. The standard InChI is InChI=1S/C32H50O7/c1-16-23-18-14-19(34)26-30(7)12-11-22(35)28(3,4)21(30)10-13-31(26,8)32(18,9)15-20(23)39-25(24(16)36)27(29(5,6)37)38-17(2)33/h16,19-21,24-27,34,36-37H,10-15H2,1-9H3/t16-,19-,20+,21+,24+,25+,26-,27-,30-,31-,32-/m0/s1. The van der Waals surface area contributed by atoms with E-state index < -0.39 is 41.4 Å². The van der Waals surface area contributed by atoms with Crippen LogP contribution in [0.25, 0.3) is 0 Å². The highest BCUT2D eigenvalue weighted by atomic mass is 16.6. The molecule has 0 amide bonds. The van der Waals surface area contributed by atoms with Crippen molar-refractivity contribution in [1.82, 2.24) is 0 Å². The number of ketones is 1. The highest BCUT2D eigenvalue weighted by molar-refractivity contribution is 5.85. The van der Waals surface area contributed by atoms with Gasteiger partial charge in [-0.1, -0.05) is 47.1 Å². The van der Waals surface area contributed by atoms with E-state index in [0.29, 0.717) is 18.6 Å². The minimum absolute atomic E-state index is 0.0480. The van der Waals surface area contributed by atoms with Crippen LogP contribution in [0.2, 0.25) is 0 Å². The van der Waals surface area contributed by atoms with Crippen molar-refractivity contribution in [3.05, 3.63) is 11.1 Å². The van der Waals surface area contributed by atoms with Crippen molar-refractivity contribution in [1.29, 1.82) is 0 Å². The second kappa shape index (κ2) is 8.86. The first-order valence-corrected chi connectivity index (χ1v) is 15.0. The lowest BCUT2D eigenvalue weighted by Gasteiger charge is -2.68. The Balaban J connectivity index is 1.55. The maximum Gasteiger partial charge on any atom is 0.303 e. The summed E-state index contributed by atoms with van der Waals surface area (Å²) in [5.41, 5.74) is -0.107. The minimum Gasteiger partial charge on any atom is -0.457 e. The molecule has 7 heteroatoms. The van der Waals surface area contributed by atoms with Gasteiger partial charge in [0.15, 0.2) is 6.10 Å². The van der Waals surface area contributed by atoms with Crippen molar-refractivity contribution in [2.75, 3.05) is 0 Å². The van der Waals surface area contributed by atoms with Crippen molar-refractivity contribution in [2.24, 2.45) is 39.4 Å². The molecule has 0 radical (unpaired) electrons. The van der Waals surface area contributed by atoms with E-state index in [9.17, 15) is 24.9 Å². The molecule has 0 aromatic carbocycles. The number of ether oxygens (including phenoxy) is 2. The number of carbonyl (C=O) groups is 2. The Hall–Kier alpha value is -1.28. The normalized spacial score (nSPS) is 48.0. The van der Waals surface area contributed by atoms with Crippen LogP contribution in [0.3, 0.4) is 0 Å². The van der Waals surface area contributed by atoms with E-state index in [-0.39, 0.29) is 40.1 Å². The number of Topliss-reactive ketones (excluding diaryl/α,β-unsaturated/α-hetero) is 1. The lowest BCUT2D eigenvalue weighted by molar-refractivity contribution is -0.221. The zero-order valence-electron chi connectivity index (χ0n) is 25.3. The van der Waals surface area contributed by atoms with Crippen molar-refractivity contribution < 1.29 is 34.4 Å². The Morgan fingerprint density at radius 2 is 1.77 bits per heavy atom. The molecule has 11 atom stereocenters. The average Bonchev–Trinajstić information content (AvgIpc) is 3.09. The van der Waals surface area contributed by atoms with Crippen molar-refractivity contribution in [3.63, 3.8) is 0 Å². The van der Waals surface area contributed by atoms with Gasteiger partial charge in [0.05, 0.1) is 23.9 Å². The monoisotopic (exact) mass is 546 g/mol. The third-order valence-electron chi connectivity index (χ3n) is 12.6. The summed E-state index contributed by atoms with van der Waals surface area (Å²) in [6.45, 7) is 17.6. The molecule has 4 aliphatic carbocycles. The third-order valence-corrected chi connectivity index (χ3v) is 12.6. The molecule has 5 rings (SSSR count). The molecular formula is C32H50O7. The zero-order chi connectivity index (χ0) is 29.1. The Labute approximate surface area is 233 Å². The second-order valence-electron chi connectivity index (χ2n) is 15.4. The van der Waals surface area contributed by atoms with Crippen LogP contribution in [-0.2, 0) is 19.1 Å². The van der Waals surface area contributed by atoms with Gasteiger partial charge in [0.25, 0.3) is 0 Å². The quantitative estimate of drug-likeness (QED) is 0.356. The SMILES string of the molecule is CC(=O)O[C@@H]([C@@H]1O[C@@H]2C[C@@]3(C)C(=C2[C@H](C)[C@H]1O)C[C@H](O)[C@H]1[C@@]2(C)CCC(=O)C(C)(C)[C@H]2CC[C@@]13C)C(C)(C)O. The van der Waals surface area contributed by atoms with Gasteiger partial charge < -0.3 is 24.8 Å². The molecular weight excluding hydrogens is 496 g/mol. The summed E-state index contributed by atoms with van der Waals surface area (Å²) >= 11 is 0. The highest BCUT2D eigenvalue weighted by Crippen LogP contribution is 2.74. The fourth-order valence-corrected chi connectivity index (χ4v) is 10.6. The number of hydrogen-bond donors (Lipinski definition) is 3. The Kier molecular flexibility index (Phi) is 6.64. The molecule has 1 aliphatic heterocycles. The first kappa shape index (κ1) is 29.2. The minimum atomic E-state index is -1.40. The largest absolute Gasteiger partial charge is 0.457 e. The molecule has 3 N–H and O–H groups in total. The van der Waals surface area contributed by atoms with E-state index in [0.717, 1.165) is 31.3 Å². The van der Waals surface area contributed by atoms with Crippen LogP contribution in [0.1, 0.15) is 101 Å². The molecule has 0 aromatic heterocycles. The maximum atomic E-state index is 13.0. The molecule has 3 saturated carbocycles. The fraction of sp³-hybridized carbons (Fsp3) is 0.875. The number of aliphatic hydroxyl groups excluding tert-OH is 2. The van der Waals surface area contributed by atoms with Gasteiger partial charge in [-0.25, -0.2) is 0 Å². The summed E-state index contributed by atoms with van der Waals surface area (Å²) in [5, 5.41) is 34.3. The van der Waals surface area contributed by atoms with Crippen LogP contribution >= 0.6 is 0 Å². The van der Waals surface area contributed by atoms with Gasteiger partial charge in [-0.05, 0) is 79.6 Å². The lowest BCUT2D eigenvalue weighted by atomic mass is 9.36. The van der Waals surface area contributed by atoms with E-state index in [1.807, 2.05) is 6.92 Å². The van der Waals surface area contributed by atoms with E-state index in [1.165, 1.54) is 12.5 Å². The van der Waals surface area contributed by atoms with Gasteiger partial charge in [0.2, 0.25) is 0 Å². The first-order valence-electron chi connectivity index (χ1n) is 15.0. The summed E-state index contributed by atoms with van der Waals surface area (Å²) in [4.78, 5) is 24.9. The predicted molar refractivity (Wildman–Crippen MR) is 147 cm³/mol. The van der Waals surface area contributed by atoms with E-state index in [4.69, 9.17) is 9.47 Å². The van der Waals surface area contributed by atoms with Crippen molar-refractivity contribution in [2.45, 2.75) is 137 Å². The van der Waals surface area contributed by atoms with Gasteiger partial charge in [0.1, 0.15) is 11.9 Å². The topological polar surface area (TPSA) is 113 Å². The summed E-state index contributed by atoms with van der Waals surface area (Å²) in [5.74, 6) is -0.170. The van der Waals surface area contributed by atoms with Gasteiger partial charge in [0, 0.05) is 24.7 Å². The van der Waals surface area contributed by atoms with Crippen LogP contribution in [0, 0.1) is 39.4 Å². The third kappa shape index (κ3) is 3.89. The van der Waals surface area contributed by atoms with E-state index in [2.05, 4.69) is 34.6 Å². The summed E-state index contributed by atoms with van der Waals surface area (Å²) in [7, 11) is 0. The van der Waals surface area contributed by atoms with Crippen LogP contribution in [0.15, 0.2) is 11.1 Å². The Morgan fingerprint density at radius 3 is 2.36 bits per heavy atom. The molecule has 1 heterocycles. The number of esters is 1. The number of aliphatic hydroxyl groups is 3. The van der Waals surface area contributed by atoms with Crippen LogP contribution < -0.4 is 0 Å². The molecule has 1 saturated heterocycles. The molecule has 0 unspecified atom stereocenters. The maximum absolute atomic E-state index is 13.0. The van der Waals surface area contributed by atoms with Gasteiger partial charge in [-0.3, -0.25) is 9.59 Å². The molecule has 0 aromatic rings. The van der Waals surface area contributed by atoms with Crippen LogP contribution in [0.5, 0.6) is 0 Å². The number of rotatable bonds is 3. The predicted octanol–water partition coefficient (Wildman–Crippen LogP) is 4.35. The molecule has 5 aliphatic rings. The van der Waals surface area contributed by atoms with E-state index >= 15 is 0 Å². The summed E-state index contributed by atoms with van der Waals surface area (Å²) in [6, 6.07) is 0. The number of carbonyl (C=O) groups excluding carboxylic acids is 2. The second-order valence-corrected chi connectivity index (χ2v) is 15.4. The van der Waals surface area contributed by atoms with Crippen LogP contribution in [0.4, 0.5) is 0 Å². The Bertz CT molecular complexity index is 1090. The van der Waals surface area contributed by atoms with Crippen LogP contribution in [-0.4, -0.2) is 63.2 Å². The zero-order valence-corrected chi connectivity index (χ0v) is 25.3. The van der Waals surface area contributed by atoms with Crippen molar-refractivity contribution in [3.8, 4) is 0 Å². The van der Waals surface area contributed by atoms with Gasteiger partial charge in [-0.15, -0.1) is 0 Å². The number of hydrogen-bond acceptors (Lipinski definition) is 7. The molecule has 0 spiro atoms. The smallest absolute Gasteiger partial charge is 0.303 e. The Morgan fingerprint density at radius 1 is 1.13 bits per heavy atom. The first-order chi connectivity index (χ1) is 17.8. The average molecular weight is 547 g/mol. The molecule has 0 bridgehead atoms. The summed E-state index contributed by atoms with van der Waals surface area (Å²) < 4.78 is 12.1. The highest BCUT2D eigenvalue weighted by Gasteiger charge is 2.70. The van der Waals surface area contributed by atoms with Crippen molar-refractivity contribution >= 4 is 11.8 Å². The molecule has 4 fully saturated rings.